The monoisotopic (exact) mass is 386 g/mol. The smallest absolute Gasteiger partial charge is 0.159 e. The van der Waals surface area contributed by atoms with Crippen molar-refractivity contribution in [3.8, 4) is 5.75 Å². The van der Waals surface area contributed by atoms with Gasteiger partial charge in [-0.25, -0.2) is 9.97 Å². The molecule has 3 aromatic rings. The zero-order chi connectivity index (χ0) is 12.9. The maximum Gasteiger partial charge on any atom is 0.159 e. The molecule has 1 aromatic heterocycles. The zero-order valence-electron chi connectivity index (χ0n) is 8.78. The van der Waals surface area contributed by atoms with Crippen LogP contribution in [0.5, 0.6) is 5.75 Å². The van der Waals surface area contributed by atoms with Crippen LogP contribution in [0.15, 0.2) is 33.2 Å². The van der Waals surface area contributed by atoms with E-state index < -0.39 is 0 Å². The topological polar surface area (TPSA) is 46.0 Å². The zero-order valence-corrected chi connectivity index (χ0v) is 12.7. The number of aromatic hydroxyl groups is 1. The third-order valence-corrected chi connectivity index (χ3v) is 4.97. The fourth-order valence-corrected chi connectivity index (χ4v) is 3.03. The molecule has 3 rings (SSSR count). The highest BCUT2D eigenvalue weighted by Gasteiger charge is 2.17. The van der Waals surface area contributed by atoms with E-state index in [1.807, 2.05) is 24.3 Å². The van der Waals surface area contributed by atoms with Gasteiger partial charge >= 0.3 is 0 Å². The summed E-state index contributed by atoms with van der Waals surface area (Å²) in [6, 6.07) is 7.47. The lowest BCUT2D eigenvalue weighted by molar-refractivity contribution is 0.477. The second-order valence-electron chi connectivity index (χ2n) is 3.70. The first-order valence-electron chi connectivity index (χ1n) is 5.01. The second-order valence-corrected chi connectivity index (χ2v) is 5.66. The fourth-order valence-electron chi connectivity index (χ4n) is 1.73. The van der Waals surface area contributed by atoms with Crippen molar-refractivity contribution in [2.45, 2.75) is 0 Å². The molecule has 0 spiro atoms. The lowest BCUT2D eigenvalue weighted by Gasteiger charge is -2.08. The molecular weight excluding hydrogens is 383 g/mol. The molecule has 3 nitrogen and oxygen atoms in total. The Morgan fingerprint density at radius 2 is 1.50 bits per heavy atom. The van der Waals surface area contributed by atoms with E-state index in [1.165, 1.54) is 0 Å². The van der Waals surface area contributed by atoms with Crippen LogP contribution in [-0.4, -0.2) is 15.1 Å². The van der Waals surface area contributed by atoms with Crippen LogP contribution < -0.4 is 0 Å². The molecule has 90 valence electrons. The molecule has 0 aliphatic heterocycles. The number of aromatic nitrogens is 2. The van der Waals surface area contributed by atoms with Gasteiger partial charge in [-0.2, -0.15) is 0 Å². The first-order valence-corrected chi connectivity index (χ1v) is 6.98. The fraction of sp³-hybridized carbons (Fsp3) is 0. The van der Waals surface area contributed by atoms with Crippen molar-refractivity contribution in [3.63, 3.8) is 0 Å². The minimum atomic E-state index is -0.00328. The molecule has 0 bridgehead atoms. The molecule has 0 unspecified atom stereocenters. The average molecular weight is 388 g/mol. The van der Waals surface area contributed by atoms with Gasteiger partial charge in [-0.05, 0) is 44.0 Å². The van der Waals surface area contributed by atoms with Gasteiger partial charge in [-0.1, -0.05) is 23.7 Å². The number of rotatable bonds is 0. The SMILES string of the molecule is Oc1c(Br)c(Cl)c(Br)c2nc3ccccc3nc12. The molecule has 2 aromatic carbocycles. The largest absolute Gasteiger partial charge is 0.504 e. The van der Waals surface area contributed by atoms with Crippen molar-refractivity contribution in [3.05, 3.63) is 38.2 Å². The van der Waals surface area contributed by atoms with E-state index in [4.69, 9.17) is 11.6 Å². The van der Waals surface area contributed by atoms with Crippen molar-refractivity contribution < 1.29 is 5.11 Å². The van der Waals surface area contributed by atoms with Gasteiger partial charge < -0.3 is 5.11 Å². The predicted molar refractivity (Wildman–Crippen MR) is 79.1 cm³/mol. The summed E-state index contributed by atoms with van der Waals surface area (Å²) in [6.45, 7) is 0. The first kappa shape index (κ1) is 12.1. The van der Waals surface area contributed by atoms with Crippen molar-refractivity contribution in [2.75, 3.05) is 0 Å². The molecule has 6 heteroatoms. The molecule has 18 heavy (non-hydrogen) atoms. The molecule has 0 fully saturated rings. The number of para-hydroxylation sites is 2. The third-order valence-electron chi connectivity index (χ3n) is 2.60. The predicted octanol–water partition coefficient (Wildman–Crippen LogP) is 4.67. The van der Waals surface area contributed by atoms with Crippen LogP contribution in [0.3, 0.4) is 0 Å². The Labute approximate surface area is 124 Å². The highest BCUT2D eigenvalue weighted by atomic mass is 79.9. The molecule has 0 amide bonds. The van der Waals surface area contributed by atoms with Gasteiger partial charge in [0.1, 0.15) is 11.0 Å². The Morgan fingerprint density at radius 1 is 0.944 bits per heavy atom. The number of halogens is 3. The number of hydrogen-bond acceptors (Lipinski definition) is 3. The van der Waals surface area contributed by atoms with Crippen molar-refractivity contribution >= 4 is 65.5 Å². The van der Waals surface area contributed by atoms with E-state index in [0.717, 1.165) is 11.0 Å². The third kappa shape index (κ3) is 1.69. The Hall–Kier alpha value is -0.910. The van der Waals surface area contributed by atoms with Crippen molar-refractivity contribution in [1.29, 1.82) is 0 Å². The Balaban J connectivity index is 2.58. The van der Waals surface area contributed by atoms with Gasteiger partial charge in [0.15, 0.2) is 5.75 Å². The molecule has 1 N–H and O–H groups in total. The molecule has 0 saturated heterocycles. The Morgan fingerprint density at radius 3 is 2.11 bits per heavy atom. The van der Waals surface area contributed by atoms with Crippen molar-refractivity contribution in [1.82, 2.24) is 9.97 Å². The van der Waals surface area contributed by atoms with Crippen LogP contribution in [0.2, 0.25) is 5.02 Å². The van der Waals surface area contributed by atoms with Gasteiger partial charge in [0.05, 0.1) is 25.0 Å². The lowest BCUT2D eigenvalue weighted by Crippen LogP contribution is -1.90. The van der Waals surface area contributed by atoms with E-state index in [9.17, 15) is 5.11 Å². The minimum Gasteiger partial charge on any atom is -0.504 e. The summed E-state index contributed by atoms with van der Waals surface area (Å²) >= 11 is 12.7. The van der Waals surface area contributed by atoms with Gasteiger partial charge in [0.25, 0.3) is 0 Å². The van der Waals surface area contributed by atoms with Crippen LogP contribution in [0.25, 0.3) is 22.1 Å². The average Bonchev–Trinajstić information content (AvgIpc) is 2.41. The molecule has 0 aliphatic carbocycles. The van der Waals surface area contributed by atoms with E-state index in [1.54, 1.807) is 0 Å². The summed E-state index contributed by atoms with van der Waals surface area (Å²) < 4.78 is 1.02. The molecule has 0 saturated carbocycles. The standard InChI is InChI=1S/C12H5Br2ClN2O/c13-7-9(15)8(14)12(18)11-10(7)16-5-3-1-2-4-6(5)17-11/h1-4,18H. The van der Waals surface area contributed by atoms with Gasteiger partial charge in [-0.3, -0.25) is 0 Å². The summed E-state index contributed by atoms with van der Waals surface area (Å²) in [5.41, 5.74) is 2.43. The van der Waals surface area contributed by atoms with E-state index >= 15 is 0 Å². The lowest BCUT2D eigenvalue weighted by atomic mass is 10.2. The number of benzene rings is 2. The van der Waals surface area contributed by atoms with Crippen LogP contribution >= 0.6 is 43.5 Å². The number of hydrogen-bond donors (Lipinski definition) is 1. The highest BCUT2D eigenvalue weighted by molar-refractivity contribution is 9.11. The number of nitrogens with zero attached hydrogens (tertiary/aromatic N) is 2. The van der Waals surface area contributed by atoms with Crippen LogP contribution in [0.4, 0.5) is 0 Å². The second kappa shape index (κ2) is 4.33. The van der Waals surface area contributed by atoms with Crippen LogP contribution in [-0.2, 0) is 0 Å². The van der Waals surface area contributed by atoms with Gasteiger partial charge in [0, 0.05) is 0 Å². The molecule has 0 atom stereocenters. The molecule has 0 aliphatic rings. The summed E-state index contributed by atoms with van der Waals surface area (Å²) in [4.78, 5) is 8.87. The van der Waals surface area contributed by atoms with Gasteiger partial charge in [-0.15, -0.1) is 0 Å². The summed E-state index contributed by atoms with van der Waals surface area (Å²) in [5.74, 6) is -0.00328. The van der Waals surface area contributed by atoms with E-state index in [-0.39, 0.29) is 5.75 Å². The summed E-state index contributed by atoms with van der Waals surface area (Å²) in [5, 5.41) is 10.4. The van der Waals surface area contributed by atoms with Gasteiger partial charge in [0.2, 0.25) is 0 Å². The summed E-state index contributed by atoms with van der Waals surface area (Å²) in [7, 11) is 0. The molecule has 0 radical (unpaired) electrons. The normalized spacial score (nSPS) is 11.3. The maximum absolute atomic E-state index is 10.1. The minimum absolute atomic E-state index is 0.00328. The van der Waals surface area contributed by atoms with E-state index in [0.29, 0.717) is 25.0 Å². The Bertz CT molecular complexity index is 726. The first-order chi connectivity index (χ1) is 8.59. The Kier molecular flexibility index (Phi) is 2.92. The highest BCUT2D eigenvalue weighted by Crippen LogP contribution is 2.43. The quantitative estimate of drug-likeness (QED) is 0.450. The number of phenols is 1. The number of fused-ring (bicyclic) bond motifs is 2. The maximum atomic E-state index is 10.1. The van der Waals surface area contributed by atoms with E-state index in [2.05, 4.69) is 41.8 Å². The molecular formula is C12H5Br2ClN2O. The van der Waals surface area contributed by atoms with Crippen molar-refractivity contribution in [2.24, 2.45) is 0 Å². The van der Waals surface area contributed by atoms with Crippen LogP contribution in [0, 0.1) is 0 Å². The summed E-state index contributed by atoms with van der Waals surface area (Å²) in [6.07, 6.45) is 0. The van der Waals surface area contributed by atoms with Crippen LogP contribution in [0.1, 0.15) is 0 Å². The molecule has 1 heterocycles. The number of phenolic OH excluding ortho intramolecular Hbond substituents is 1.